The largest absolute Gasteiger partial charge is 0.359 e. The number of rotatable bonds is 2. The average Bonchev–Trinajstić information content (AvgIpc) is 3.04. The van der Waals surface area contributed by atoms with E-state index in [1.54, 1.807) is 26.8 Å². The molecule has 2 saturated heterocycles. The molecule has 7 nitrogen and oxygen atoms in total. The molecule has 24 heavy (non-hydrogen) atoms. The normalized spacial score (nSPS) is 36.5. The molecule has 4 rings (SSSR count). The number of benzene rings is 1. The van der Waals surface area contributed by atoms with E-state index in [0.717, 1.165) is 4.90 Å². The van der Waals surface area contributed by atoms with Gasteiger partial charge in [0.1, 0.15) is 5.69 Å². The zero-order chi connectivity index (χ0) is 17.4. The number of aryl methyl sites for hydroxylation is 1. The number of nitrogens with zero attached hydrogens (tertiary/aromatic N) is 2. The van der Waals surface area contributed by atoms with E-state index in [0.29, 0.717) is 5.56 Å². The number of carbonyl (C=O) groups is 2. The highest BCUT2D eigenvalue weighted by atomic mass is 16.6. The van der Waals surface area contributed by atoms with Gasteiger partial charge in [0.15, 0.2) is 0 Å². The number of hydrogen-bond acceptors (Lipinski definition) is 5. The van der Waals surface area contributed by atoms with Gasteiger partial charge in [-0.15, -0.1) is 0 Å². The van der Waals surface area contributed by atoms with Crippen molar-refractivity contribution < 1.29 is 19.2 Å². The molecule has 0 aliphatic carbocycles. The van der Waals surface area contributed by atoms with Crippen molar-refractivity contribution in [2.24, 2.45) is 11.8 Å². The van der Waals surface area contributed by atoms with E-state index in [1.165, 1.54) is 12.1 Å². The fourth-order valence-corrected chi connectivity index (χ4v) is 4.24. The minimum absolute atomic E-state index is 0.0293. The van der Waals surface area contributed by atoms with Crippen molar-refractivity contribution in [3.63, 3.8) is 0 Å². The molecule has 3 aliphatic rings. The molecule has 0 N–H and O–H groups in total. The summed E-state index contributed by atoms with van der Waals surface area (Å²) < 4.78 is 5.92. The molecule has 2 bridgehead atoms. The number of amides is 2. The van der Waals surface area contributed by atoms with Gasteiger partial charge in [-0.25, -0.2) is 4.90 Å². The molecule has 0 spiro atoms. The maximum absolute atomic E-state index is 13.0. The van der Waals surface area contributed by atoms with Gasteiger partial charge in [0.25, 0.3) is 5.69 Å². The Bertz CT molecular complexity index is 811. The van der Waals surface area contributed by atoms with Crippen LogP contribution in [-0.2, 0) is 14.3 Å². The second-order valence-electron chi connectivity index (χ2n) is 7.02. The summed E-state index contributed by atoms with van der Waals surface area (Å²) in [7, 11) is 0. The monoisotopic (exact) mass is 328 g/mol. The molecule has 1 aromatic rings. The van der Waals surface area contributed by atoms with Crippen LogP contribution in [0.3, 0.4) is 0 Å². The van der Waals surface area contributed by atoms with Crippen LogP contribution >= 0.6 is 0 Å². The van der Waals surface area contributed by atoms with Crippen LogP contribution in [0, 0.1) is 28.9 Å². The zero-order valence-electron chi connectivity index (χ0n) is 13.5. The predicted octanol–water partition coefficient (Wildman–Crippen LogP) is 2.13. The second-order valence-corrected chi connectivity index (χ2v) is 7.02. The molecule has 1 aromatic carbocycles. The van der Waals surface area contributed by atoms with Gasteiger partial charge in [0, 0.05) is 6.07 Å². The standard InChI is InChI=1S/C17H16N2O5/c1-9-4-5-10(11(8-9)19(22)23)18-14(20)12-13(15(18)21)17(3)7-6-16(12,2)24-17/h4-8,12-13H,1-3H3/t12-,13-,16+,17+/m0/s1. The number of carbonyl (C=O) groups excluding carboxylic acids is 2. The first kappa shape index (κ1) is 15.0. The van der Waals surface area contributed by atoms with Gasteiger partial charge >= 0.3 is 0 Å². The number of nitro groups is 1. The first-order chi connectivity index (χ1) is 11.2. The van der Waals surface area contributed by atoms with Gasteiger partial charge < -0.3 is 4.74 Å². The van der Waals surface area contributed by atoms with E-state index in [-0.39, 0.29) is 11.4 Å². The van der Waals surface area contributed by atoms with Crippen LogP contribution in [0.25, 0.3) is 0 Å². The van der Waals surface area contributed by atoms with Crippen LogP contribution in [0.5, 0.6) is 0 Å². The van der Waals surface area contributed by atoms with Crippen molar-refractivity contribution in [1.82, 2.24) is 0 Å². The Balaban J connectivity index is 1.85. The van der Waals surface area contributed by atoms with Crippen molar-refractivity contribution in [3.05, 3.63) is 46.0 Å². The Labute approximate surface area is 138 Å². The van der Waals surface area contributed by atoms with Gasteiger partial charge in [0.2, 0.25) is 11.8 Å². The van der Waals surface area contributed by atoms with Crippen LogP contribution < -0.4 is 4.90 Å². The third kappa shape index (κ3) is 1.65. The molecule has 124 valence electrons. The average molecular weight is 328 g/mol. The zero-order valence-corrected chi connectivity index (χ0v) is 13.5. The van der Waals surface area contributed by atoms with Crippen molar-refractivity contribution in [1.29, 1.82) is 0 Å². The van der Waals surface area contributed by atoms with Crippen LogP contribution in [0.4, 0.5) is 11.4 Å². The highest BCUT2D eigenvalue weighted by Gasteiger charge is 2.70. The third-order valence-electron chi connectivity index (χ3n) is 5.29. The highest BCUT2D eigenvalue weighted by molar-refractivity contribution is 6.24. The molecule has 0 radical (unpaired) electrons. The van der Waals surface area contributed by atoms with E-state index in [4.69, 9.17) is 4.74 Å². The fourth-order valence-electron chi connectivity index (χ4n) is 4.24. The number of imide groups is 1. The lowest BCUT2D eigenvalue weighted by Gasteiger charge is -2.25. The maximum Gasteiger partial charge on any atom is 0.293 e. The van der Waals surface area contributed by atoms with Gasteiger partial charge in [-0.1, -0.05) is 18.2 Å². The maximum atomic E-state index is 13.0. The Hall–Kier alpha value is -2.54. The minimum Gasteiger partial charge on any atom is -0.359 e. The molecular formula is C17H16N2O5. The summed E-state index contributed by atoms with van der Waals surface area (Å²) in [6, 6.07) is 4.49. The Morgan fingerprint density at radius 1 is 1.12 bits per heavy atom. The number of anilines is 1. The van der Waals surface area contributed by atoms with Crippen LogP contribution in [0.15, 0.2) is 30.4 Å². The van der Waals surface area contributed by atoms with Crippen molar-refractivity contribution in [3.8, 4) is 0 Å². The van der Waals surface area contributed by atoms with E-state index in [1.807, 2.05) is 12.2 Å². The van der Waals surface area contributed by atoms with E-state index in [9.17, 15) is 19.7 Å². The summed E-state index contributed by atoms with van der Waals surface area (Å²) in [6.45, 7) is 5.27. The fraction of sp³-hybridized carbons (Fsp3) is 0.412. The molecule has 0 aromatic heterocycles. The second kappa shape index (κ2) is 4.30. The molecular weight excluding hydrogens is 312 g/mol. The van der Waals surface area contributed by atoms with E-state index < -0.39 is 39.8 Å². The summed E-state index contributed by atoms with van der Waals surface area (Å²) in [4.78, 5) is 37.7. The third-order valence-corrected chi connectivity index (χ3v) is 5.29. The Morgan fingerprint density at radius 3 is 2.17 bits per heavy atom. The molecule has 0 unspecified atom stereocenters. The van der Waals surface area contributed by atoms with Crippen molar-refractivity contribution >= 4 is 23.2 Å². The lowest BCUT2D eigenvalue weighted by Crippen LogP contribution is -2.39. The number of fused-ring (bicyclic) bond motifs is 5. The summed E-state index contributed by atoms with van der Waals surface area (Å²) >= 11 is 0. The molecule has 4 atom stereocenters. The lowest BCUT2D eigenvalue weighted by atomic mass is 9.73. The first-order valence-corrected chi connectivity index (χ1v) is 7.71. The van der Waals surface area contributed by atoms with Gasteiger partial charge in [-0.3, -0.25) is 19.7 Å². The molecule has 0 saturated carbocycles. The van der Waals surface area contributed by atoms with Crippen LogP contribution in [-0.4, -0.2) is 27.9 Å². The number of hydrogen-bond donors (Lipinski definition) is 0. The molecule has 3 aliphatic heterocycles. The predicted molar refractivity (Wildman–Crippen MR) is 84.3 cm³/mol. The van der Waals surface area contributed by atoms with Crippen molar-refractivity contribution in [2.75, 3.05) is 4.90 Å². The number of nitro benzene ring substituents is 1. The topological polar surface area (TPSA) is 89.8 Å². The Morgan fingerprint density at radius 2 is 1.67 bits per heavy atom. The Kier molecular flexibility index (Phi) is 2.69. The molecule has 2 fully saturated rings. The molecule has 3 heterocycles. The lowest BCUT2D eigenvalue weighted by molar-refractivity contribution is -0.384. The summed E-state index contributed by atoms with van der Waals surface area (Å²) in [5.41, 5.74) is -1.22. The van der Waals surface area contributed by atoms with Crippen LogP contribution in [0.1, 0.15) is 19.4 Å². The SMILES string of the molecule is Cc1ccc(N2C(=O)[C@@H]3[C@@H](C2=O)[C@@]2(C)C=C[C@@]3(C)O2)c([N+](=O)[O-])c1. The summed E-state index contributed by atoms with van der Waals surface area (Å²) in [6.07, 6.45) is 3.62. The summed E-state index contributed by atoms with van der Waals surface area (Å²) in [5, 5.41) is 11.4. The smallest absolute Gasteiger partial charge is 0.293 e. The molecule has 2 amide bonds. The van der Waals surface area contributed by atoms with E-state index >= 15 is 0 Å². The van der Waals surface area contributed by atoms with Gasteiger partial charge in [-0.05, 0) is 32.4 Å². The number of ether oxygens (including phenoxy) is 1. The first-order valence-electron chi connectivity index (χ1n) is 7.71. The van der Waals surface area contributed by atoms with Crippen molar-refractivity contribution in [2.45, 2.75) is 32.0 Å². The molecule has 7 heteroatoms. The van der Waals surface area contributed by atoms with Gasteiger partial charge in [0.05, 0.1) is 28.0 Å². The summed E-state index contributed by atoms with van der Waals surface area (Å²) in [5.74, 6) is -2.18. The quantitative estimate of drug-likeness (QED) is 0.359. The van der Waals surface area contributed by atoms with E-state index in [2.05, 4.69) is 0 Å². The highest BCUT2D eigenvalue weighted by Crippen LogP contribution is 2.57. The van der Waals surface area contributed by atoms with Crippen LogP contribution in [0.2, 0.25) is 0 Å². The van der Waals surface area contributed by atoms with Gasteiger partial charge in [-0.2, -0.15) is 0 Å². The minimum atomic E-state index is -0.847.